The molecular weight excluding hydrogens is 236 g/mol. The Bertz CT molecular complexity index is 408. The number of hydrogen-bond donors (Lipinski definition) is 0. The minimum atomic E-state index is 0.190. The van der Waals surface area contributed by atoms with Crippen molar-refractivity contribution in [3.05, 3.63) is 29.8 Å². The molecule has 1 aliphatic rings. The molecule has 2 nitrogen and oxygen atoms in total. The average Bonchev–Trinajstić information content (AvgIpc) is 2.47. The van der Waals surface area contributed by atoms with Gasteiger partial charge in [-0.05, 0) is 49.4 Å². The second-order valence-electron chi connectivity index (χ2n) is 5.48. The Hall–Kier alpha value is -1.31. The van der Waals surface area contributed by atoms with Gasteiger partial charge in [-0.25, -0.2) is 0 Å². The van der Waals surface area contributed by atoms with Gasteiger partial charge in [-0.15, -0.1) is 0 Å². The van der Waals surface area contributed by atoms with Crippen molar-refractivity contribution in [3.63, 3.8) is 0 Å². The minimum Gasteiger partial charge on any atom is -0.490 e. The van der Waals surface area contributed by atoms with Gasteiger partial charge in [0, 0.05) is 12.0 Å². The van der Waals surface area contributed by atoms with Crippen LogP contribution in [-0.4, -0.2) is 11.9 Å². The zero-order chi connectivity index (χ0) is 13.7. The molecule has 0 saturated heterocycles. The van der Waals surface area contributed by atoms with Gasteiger partial charge in [-0.3, -0.25) is 4.79 Å². The minimum absolute atomic E-state index is 0.190. The molecule has 1 aromatic carbocycles. The van der Waals surface area contributed by atoms with E-state index in [0.717, 1.165) is 23.7 Å². The van der Waals surface area contributed by atoms with Gasteiger partial charge in [0.05, 0.1) is 6.10 Å². The fourth-order valence-electron chi connectivity index (χ4n) is 2.84. The average molecular weight is 260 g/mol. The Labute approximate surface area is 116 Å². The summed E-state index contributed by atoms with van der Waals surface area (Å²) in [4.78, 5) is 11.6. The first-order valence-corrected chi connectivity index (χ1v) is 7.52. The maximum atomic E-state index is 11.6. The predicted molar refractivity (Wildman–Crippen MR) is 77.7 cm³/mol. The Morgan fingerprint density at radius 2 is 1.95 bits per heavy atom. The van der Waals surface area contributed by atoms with Crippen LogP contribution < -0.4 is 4.74 Å². The van der Waals surface area contributed by atoms with Gasteiger partial charge in [-0.1, -0.05) is 26.7 Å². The number of benzene rings is 1. The number of carbonyl (C=O) groups is 1. The number of rotatable bonds is 5. The van der Waals surface area contributed by atoms with Crippen molar-refractivity contribution in [2.75, 3.05) is 0 Å². The summed E-state index contributed by atoms with van der Waals surface area (Å²) >= 11 is 0. The van der Waals surface area contributed by atoms with E-state index in [9.17, 15) is 4.79 Å². The van der Waals surface area contributed by atoms with Gasteiger partial charge in [0.2, 0.25) is 0 Å². The van der Waals surface area contributed by atoms with Crippen LogP contribution in [-0.2, 0) is 0 Å². The molecule has 0 aromatic heterocycles. The van der Waals surface area contributed by atoms with Crippen LogP contribution in [0.15, 0.2) is 24.3 Å². The maximum Gasteiger partial charge on any atom is 0.162 e. The topological polar surface area (TPSA) is 26.3 Å². The van der Waals surface area contributed by atoms with Crippen LogP contribution in [0.2, 0.25) is 0 Å². The molecule has 1 fully saturated rings. The molecule has 0 aliphatic heterocycles. The van der Waals surface area contributed by atoms with E-state index in [4.69, 9.17) is 4.74 Å². The summed E-state index contributed by atoms with van der Waals surface area (Å²) < 4.78 is 6.04. The molecule has 2 atom stereocenters. The summed E-state index contributed by atoms with van der Waals surface area (Å²) in [6, 6.07) is 7.61. The van der Waals surface area contributed by atoms with Crippen molar-refractivity contribution >= 4 is 5.78 Å². The third-order valence-corrected chi connectivity index (χ3v) is 4.11. The molecule has 1 saturated carbocycles. The molecule has 2 rings (SSSR count). The molecule has 0 bridgehead atoms. The smallest absolute Gasteiger partial charge is 0.162 e. The van der Waals surface area contributed by atoms with Crippen LogP contribution in [0.1, 0.15) is 62.7 Å². The monoisotopic (exact) mass is 260 g/mol. The molecule has 0 spiro atoms. The van der Waals surface area contributed by atoms with Gasteiger partial charge in [0.15, 0.2) is 5.78 Å². The first-order valence-electron chi connectivity index (χ1n) is 7.52. The molecule has 0 radical (unpaired) electrons. The number of hydrogen-bond acceptors (Lipinski definition) is 2. The largest absolute Gasteiger partial charge is 0.490 e. The summed E-state index contributed by atoms with van der Waals surface area (Å²) in [6.45, 7) is 4.15. The van der Waals surface area contributed by atoms with E-state index >= 15 is 0 Å². The van der Waals surface area contributed by atoms with E-state index in [1.54, 1.807) is 0 Å². The lowest BCUT2D eigenvalue weighted by Crippen LogP contribution is -2.25. The van der Waals surface area contributed by atoms with Crippen molar-refractivity contribution < 1.29 is 9.53 Å². The lowest BCUT2D eigenvalue weighted by atomic mass is 9.85. The Morgan fingerprint density at radius 1 is 1.21 bits per heavy atom. The van der Waals surface area contributed by atoms with E-state index in [1.807, 2.05) is 31.2 Å². The number of ether oxygens (including phenoxy) is 1. The molecule has 104 valence electrons. The molecule has 0 amide bonds. The van der Waals surface area contributed by atoms with Gasteiger partial charge >= 0.3 is 0 Å². The molecular formula is C17H24O2. The molecule has 0 N–H and O–H groups in total. The van der Waals surface area contributed by atoms with Crippen LogP contribution in [0, 0.1) is 5.92 Å². The molecule has 2 unspecified atom stereocenters. The van der Waals surface area contributed by atoms with Crippen LogP contribution in [0.3, 0.4) is 0 Å². The standard InChI is InChI=1S/C17H24O2/c1-3-13-6-5-7-16(12-13)19-15-10-8-14(9-11-15)17(18)4-2/h8-11,13,16H,3-7,12H2,1-2H3. The van der Waals surface area contributed by atoms with Gasteiger partial charge in [0.25, 0.3) is 0 Å². The Balaban J connectivity index is 1.94. The van der Waals surface area contributed by atoms with Crippen molar-refractivity contribution in [1.82, 2.24) is 0 Å². The maximum absolute atomic E-state index is 11.6. The van der Waals surface area contributed by atoms with E-state index in [1.165, 1.54) is 25.7 Å². The molecule has 19 heavy (non-hydrogen) atoms. The number of Topliss-reactive ketones (excluding diaryl/α,β-unsaturated/α-hetero) is 1. The lowest BCUT2D eigenvalue weighted by molar-refractivity contribution is 0.0988. The summed E-state index contributed by atoms with van der Waals surface area (Å²) in [6.07, 6.45) is 7.12. The van der Waals surface area contributed by atoms with Gasteiger partial charge in [-0.2, -0.15) is 0 Å². The normalized spacial score (nSPS) is 23.1. The summed E-state index contributed by atoms with van der Waals surface area (Å²) in [5, 5.41) is 0. The first-order chi connectivity index (χ1) is 9.22. The van der Waals surface area contributed by atoms with Crippen molar-refractivity contribution in [3.8, 4) is 5.75 Å². The molecule has 1 aromatic rings. The van der Waals surface area contributed by atoms with E-state index < -0.39 is 0 Å². The summed E-state index contributed by atoms with van der Waals surface area (Å²) in [7, 11) is 0. The lowest BCUT2D eigenvalue weighted by Gasteiger charge is -2.29. The second kappa shape index (κ2) is 6.74. The Morgan fingerprint density at radius 3 is 2.58 bits per heavy atom. The van der Waals surface area contributed by atoms with E-state index in [2.05, 4.69) is 6.92 Å². The number of ketones is 1. The van der Waals surface area contributed by atoms with Crippen LogP contribution >= 0.6 is 0 Å². The van der Waals surface area contributed by atoms with Crippen LogP contribution in [0.25, 0.3) is 0 Å². The Kier molecular flexibility index (Phi) is 5.00. The molecule has 2 heteroatoms. The second-order valence-corrected chi connectivity index (χ2v) is 5.48. The molecule has 1 aliphatic carbocycles. The zero-order valence-electron chi connectivity index (χ0n) is 12.0. The first kappa shape index (κ1) is 14.1. The third-order valence-electron chi connectivity index (χ3n) is 4.11. The fraction of sp³-hybridized carbons (Fsp3) is 0.588. The predicted octanol–water partition coefficient (Wildman–Crippen LogP) is 4.63. The van der Waals surface area contributed by atoms with Crippen molar-refractivity contribution in [1.29, 1.82) is 0 Å². The number of carbonyl (C=O) groups excluding carboxylic acids is 1. The van der Waals surface area contributed by atoms with Crippen LogP contribution in [0.5, 0.6) is 5.75 Å². The zero-order valence-corrected chi connectivity index (χ0v) is 12.0. The highest BCUT2D eigenvalue weighted by Crippen LogP contribution is 2.29. The summed E-state index contributed by atoms with van der Waals surface area (Å²) in [5.74, 6) is 1.91. The quantitative estimate of drug-likeness (QED) is 0.722. The van der Waals surface area contributed by atoms with Gasteiger partial charge < -0.3 is 4.74 Å². The third kappa shape index (κ3) is 3.82. The SMILES string of the molecule is CCC(=O)c1ccc(OC2CCCC(CC)C2)cc1. The molecule has 0 heterocycles. The van der Waals surface area contributed by atoms with Crippen molar-refractivity contribution in [2.45, 2.75) is 58.5 Å². The van der Waals surface area contributed by atoms with Gasteiger partial charge in [0.1, 0.15) is 5.75 Å². The van der Waals surface area contributed by atoms with E-state index in [-0.39, 0.29) is 5.78 Å². The van der Waals surface area contributed by atoms with Crippen LogP contribution in [0.4, 0.5) is 0 Å². The highest BCUT2D eigenvalue weighted by molar-refractivity contribution is 5.95. The summed E-state index contributed by atoms with van der Waals surface area (Å²) in [5.41, 5.74) is 0.782. The highest BCUT2D eigenvalue weighted by Gasteiger charge is 2.22. The fourth-order valence-corrected chi connectivity index (χ4v) is 2.84. The van der Waals surface area contributed by atoms with E-state index in [0.29, 0.717) is 12.5 Å². The van der Waals surface area contributed by atoms with Crippen molar-refractivity contribution in [2.24, 2.45) is 5.92 Å². The highest BCUT2D eigenvalue weighted by atomic mass is 16.5.